The minimum Gasteiger partial charge on any atom is -0.497 e. The van der Waals surface area contributed by atoms with Crippen LogP contribution >= 0.6 is 0 Å². The van der Waals surface area contributed by atoms with Gasteiger partial charge in [0, 0.05) is 24.8 Å². The third kappa shape index (κ3) is 1.95. The van der Waals surface area contributed by atoms with E-state index in [0.29, 0.717) is 19.6 Å². The summed E-state index contributed by atoms with van der Waals surface area (Å²) < 4.78 is 16.7. The second kappa shape index (κ2) is 4.44. The highest BCUT2D eigenvalue weighted by Crippen LogP contribution is 2.44. The number of aliphatic hydroxyl groups excluding tert-OH is 1. The van der Waals surface area contributed by atoms with Crippen molar-refractivity contribution in [1.29, 1.82) is 0 Å². The van der Waals surface area contributed by atoms with Gasteiger partial charge in [-0.1, -0.05) is 0 Å². The molecular formula is C14H18O4. The molecule has 18 heavy (non-hydrogen) atoms. The predicted octanol–water partition coefficient (Wildman–Crippen LogP) is 2.06. The summed E-state index contributed by atoms with van der Waals surface area (Å²) in [6.45, 7) is 1.41. The maximum atomic E-state index is 10.3. The van der Waals surface area contributed by atoms with E-state index in [0.717, 1.165) is 29.9 Å². The summed E-state index contributed by atoms with van der Waals surface area (Å²) in [7, 11) is 1.62. The Kier molecular flexibility index (Phi) is 2.92. The Labute approximate surface area is 106 Å². The summed E-state index contributed by atoms with van der Waals surface area (Å²) in [6, 6.07) is 5.60. The SMILES string of the molecule is COc1ccc2c(c1)[C@H](O)CC1(CCOCC1)O2. The number of fused-ring (bicyclic) bond motifs is 1. The number of rotatable bonds is 1. The molecule has 1 saturated heterocycles. The van der Waals surface area contributed by atoms with Crippen LogP contribution in [0.1, 0.15) is 30.9 Å². The molecule has 0 aliphatic carbocycles. The zero-order valence-corrected chi connectivity index (χ0v) is 10.5. The largest absolute Gasteiger partial charge is 0.497 e. The zero-order valence-electron chi connectivity index (χ0n) is 10.5. The molecule has 0 radical (unpaired) electrons. The van der Waals surface area contributed by atoms with Gasteiger partial charge >= 0.3 is 0 Å². The summed E-state index contributed by atoms with van der Waals surface area (Å²) in [5.41, 5.74) is 0.575. The molecule has 0 bridgehead atoms. The summed E-state index contributed by atoms with van der Waals surface area (Å²) in [6.07, 6.45) is 1.84. The van der Waals surface area contributed by atoms with E-state index in [1.807, 2.05) is 18.2 Å². The van der Waals surface area contributed by atoms with Crippen LogP contribution in [0.5, 0.6) is 11.5 Å². The molecule has 0 aromatic heterocycles. The molecule has 1 aromatic rings. The molecule has 98 valence electrons. The van der Waals surface area contributed by atoms with Crippen molar-refractivity contribution in [2.24, 2.45) is 0 Å². The summed E-state index contributed by atoms with van der Waals surface area (Å²) in [5, 5.41) is 10.3. The van der Waals surface area contributed by atoms with Crippen molar-refractivity contribution < 1.29 is 19.3 Å². The number of hydrogen-bond donors (Lipinski definition) is 1. The fraction of sp³-hybridized carbons (Fsp3) is 0.571. The lowest BCUT2D eigenvalue weighted by Crippen LogP contribution is -2.45. The van der Waals surface area contributed by atoms with E-state index >= 15 is 0 Å². The predicted molar refractivity (Wildman–Crippen MR) is 66.0 cm³/mol. The van der Waals surface area contributed by atoms with Crippen LogP contribution in [0.15, 0.2) is 18.2 Å². The van der Waals surface area contributed by atoms with Crippen LogP contribution in [0.3, 0.4) is 0 Å². The van der Waals surface area contributed by atoms with Crippen LogP contribution < -0.4 is 9.47 Å². The van der Waals surface area contributed by atoms with Crippen LogP contribution in [0.4, 0.5) is 0 Å². The first-order valence-electron chi connectivity index (χ1n) is 6.35. The second-order valence-electron chi connectivity index (χ2n) is 5.02. The first kappa shape index (κ1) is 11.8. The van der Waals surface area contributed by atoms with Gasteiger partial charge in [0.2, 0.25) is 0 Å². The second-order valence-corrected chi connectivity index (χ2v) is 5.02. The first-order valence-corrected chi connectivity index (χ1v) is 6.35. The highest BCUT2D eigenvalue weighted by molar-refractivity contribution is 5.43. The minimum absolute atomic E-state index is 0.251. The molecule has 1 atom stereocenters. The number of methoxy groups -OCH3 is 1. The lowest BCUT2D eigenvalue weighted by Gasteiger charge is -2.43. The highest BCUT2D eigenvalue weighted by Gasteiger charge is 2.41. The molecule has 4 heteroatoms. The number of ether oxygens (including phenoxy) is 3. The maximum Gasteiger partial charge on any atom is 0.126 e. The van der Waals surface area contributed by atoms with Crippen molar-refractivity contribution >= 4 is 0 Å². The van der Waals surface area contributed by atoms with Gasteiger partial charge in [-0.2, -0.15) is 0 Å². The van der Waals surface area contributed by atoms with E-state index in [9.17, 15) is 5.11 Å². The fourth-order valence-electron chi connectivity index (χ4n) is 2.79. The molecule has 4 nitrogen and oxygen atoms in total. The Balaban J connectivity index is 1.92. The van der Waals surface area contributed by atoms with E-state index in [2.05, 4.69) is 0 Å². The Morgan fingerprint density at radius 3 is 2.83 bits per heavy atom. The van der Waals surface area contributed by atoms with Crippen LogP contribution in [-0.2, 0) is 4.74 Å². The van der Waals surface area contributed by atoms with Gasteiger partial charge in [0.1, 0.15) is 17.1 Å². The zero-order chi connectivity index (χ0) is 12.6. The molecule has 0 unspecified atom stereocenters. The molecule has 0 amide bonds. The summed E-state index contributed by atoms with van der Waals surface area (Å²) >= 11 is 0. The molecule has 1 aromatic carbocycles. The van der Waals surface area contributed by atoms with E-state index in [1.54, 1.807) is 7.11 Å². The van der Waals surface area contributed by atoms with Crippen molar-refractivity contribution in [3.8, 4) is 11.5 Å². The van der Waals surface area contributed by atoms with Gasteiger partial charge in [0.05, 0.1) is 26.4 Å². The standard InChI is InChI=1S/C14H18O4/c1-16-10-2-3-13-11(8-10)12(15)9-14(18-13)4-6-17-7-5-14/h2-3,8,12,15H,4-7,9H2,1H3/t12-/m1/s1. The van der Waals surface area contributed by atoms with Gasteiger partial charge in [-0.3, -0.25) is 0 Å². The molecule has 3 rings (SSSR count). The molecule has 1 N–H and O–H groups in total. The molecule has 2 heterocycles. The van der Waals surface area contributed by atoms with Gasteiger partial charge in [-0.05, 0) is 18.2 Å². The van der Waals surface area contributed by atoms with Crippen molar-refractivity contribution in [1.82, 2.24) is 0 Å². The molecule has 2 aliphatic heterocycles. The van der Waals surface area contributed by atoms with Gasteiger partial charge in [-0.25, -0.2) is 0 Å². The van der Waals surface area contributed by atoms with Crippen LogP contribution in [-0.4, -0.2) is 31.0 Å². The Bertz CT molecular complexity index is 437. The van der Waals surface area contributed by atoms with E-state index in [4.69, 9.17) is 14.2 Å². The molecule has 1 spiro atoms. The van der Waals surface area contributed by atoms with Crippen molar-refractivity contribution in [2.45, 2.75) is 31.0 Å². The van der Waals surface area contributed by atoms with Crippen LogP contribution in [0, 0.1) is 0 Å². The quantitative estimate of drug-likeness (QED) is 0.828. The van der Waals surface area contributed by atoms with E-state index in [1.165, 1.54) is 0 Å². The van der Waals surface area contributed by atoms with Crippen molar-refractivity contribution in [3.63, 3.8) is 0 Å². The van der Waals surface area contributed by atoms with Crippen molar-refractivity contribution in [2.75, 3.05) is 20.3 Å². The maximum absolute atomic E-state index is 10.3. The molecular weight excluding hydrogens is 232 g/mol. The first-order chi connectivity index (χ1) is 8.72. The normalized spacial score (nSPS) is 25.3. The van der Waals surface area contributed by atoms with Gasteiger partial charge in [0.15, 0.2) is 0 Å². The fourth-order valence-corrected chi connectivity index (χ4v) is 2.79. The van der Waals surface area contributed by atoms with Gasteiger partial charge in [0.25, 0.3) is 0 Å². The third-order valence-electron chi connectivity index (χ3n) is 3.87. The van der Waals surface area contributed by atoms with E-state index < -0.39 is 6.10 Å². The Hall–Kier alpha value is -1.26. The third-order valence-corrected chi connectivity index (χ3v) is 3.87. The Morgan fingerprint density at radius 1 is 1.33 bits per heavy atom. The highest BCUT2D eigenvalue weighted by atomic mass is 16.5. The van der Waals surface area contributed by atoms with Crippen LogP contribution in [0.25, 0.3) is 0 Å². The average Bonchev–Trinajstić information content (AvgIpc) is 2.39. The smallest absolute Gasteiger partial charge is 0.126 e. The lowest BCUT2D eigenvalue weighted by atomic mass is 9.83. The number of hydrogen-bond acceptors (Lipinski definition) is 4. The summed E-state index contributed by atoms with van der Waals surface area (Å²) in [4.78, 5) is 0. The minimum atomic E-state index is -0.484. The Morgan fingerprint density at radius 2 is 2.11 bits per heavy atom. The summed E-state index contributed by atoms with van der Waals surface area (Å²) in [5.74, 6) is 1.52. The van der Waals surface area contributed by atoms with Crippen molar-refractivity contribution in [3.05, 3.63) is 23.8 Å². The molecule has 2 aliphatic rings. The number of aliphatic hydroxyl groups is 1. The van der Waals surface area contributed by atoms with Gasteiger partial charge in [-0.15, -0.1) is 0 Å². The monoisotopic (exact) mass is 250 g/mol. The van der Waals surface area contributed by atoms with Gasteiger partial charge < -0.3 is 19.3 Å². The molecule has 1 fully saturated rings. The average molecular weight is 250 g/mol. The lowest BCUT2D eigenvalue weighted by molar-refractivity contribution is -0.0839. The number of benzene rings is 1. The topological polar surface area (TPSA) is 47.9 Å². The van der Waals surface area contributed by atoms with E-state index in [-0.39, 0.29) is 5.60 Å². The molecule has 0 saturated carbocycles. The van der Waals surface area contributed by atoms with Crippen LogP contribution in [0.2, 0.25) is 0 Å².